The Bertz CT molecular complexity index is 1060. The number of benzene rings is 2. The number of amides is 1. The highest BCUT2D eigenvalue weighted by Crippen LogP contribution is 2.22. The number of nitrogens with zero attached hydrogens (tertiary/aromatic N) is 8. The molecule has 4 rings (SSSR count). The minimum absolute atomic E-state index is 0.0808. The lowest BCUT2D eigenvalue weighted by molar-refractivity contribution is 0.0742. The van der Waals surface area contributed by atoms with Crippen LogP contribution in [-0.2, 0) is 0 Å². The maximum absolute atomic E-state index is 13.0. The zero-order valence-corrected chi connectivity index (χ0v) is 15.4. The molecular weight excluding hydrogens is 356 g/mol. The van der Waals surface area contributed by atoms with Crippen molar-refractivity contribution in [1.29, 1.82) is 0 Å². The summed E-state index contributed by atoms with van der Waals surface area (Å²) in [6.07, 6.45) is 4.63. The topological polar surface area (TPSA) is 94.6 Å². The summed E-state index contributed by atoms with van der Waals surface area (Å²) < 4.78 is 3.21. The Kier molecular flexibility index (Phi) is 4.63. The Hall–Kier alpha value is -3.88. The van der Waals surface area contributed by atoms with Crippen LogP contribution >= 0.6 is 0 Å². The minimum Gasteiger partial charge on any atom is -0.335 e. The molecule has 2 heterocycles. The molecule has 0 N–H and O–H groups in total. The van der Waals surface area contributed by atoms with Crippen molar-refractivity contribution >= 4 is 5.91 Å². The van der Waals surface area contributed by atoms with Crippen molar-refractivity contribution < 1.29 is 4.79 Å². The highest BCUT2D eigenvalue weighted by atomic mass is 16.2. The van der Waals surface area contributed by atoms with E-state index in [1.165, 1.54) is 17.3 Å². The quantitative estimate of drug-likeness (QED) is 0.531. The van der Waals surface area contributed by atoms with Crippen LogP contribution in [0, 0.1) is 0 Å². The van der Waals surface area contributed by atoms with E-state index in [1.807, 2.05) is 43.3 Å². The fraction of sp³-hybridized carbons (Fsp3) is 0.158. The molecule has 0 saturated carbocycles. The summed E-state index contributed by atoms with van der Waals surface area (Å²) in [4.78, 5) is 18.6. The monoisotopic (exact) mass is 374 g/mol. The standard InChI is InChI=1S/C19H18N8O/c1-14(15-6-8-17(9-7-15)26-12-20-11-22-26)25(2)19(28)16-4-3-5-18(10-16)27-13-21-23-24-27/h3-14H,1-2H3/t14-/m0/s1. The van der Waals surface area contributed by atoms with Gasteiger partial charge in [0.25, 0.3) is 5.91 Å². The van der Waals surface area contributed by atoms with Gasteiger partial charge in [0.2, 0.25) is 0 Å². The first-order chi connectivity index (χ1) is 13.6. The fourth-order valence-electron chi connectivity index (χ4n) is 2.91. The van der Waals surface area contributed by atoms with E-state index < -0.39 is 0 Å². The maximum Gasteiger partial charge on any atom is 0.254 e. The van der Waals surface area contributed by atoms with Crippen LogP contribution in [0.4, 0.5) is 0 Å². The SMILES string of the molecule is C[C@@H](c1ccc(-n2cncn2)cc1)N(C)C(=O)c1cccc(-n2cnnn2)c1. The molecule has 9 nitrogen and oxygen atoms in total. The van der Waals surface area contributed by atoms with Crippen molar-refractivity contribution in [1.82, 2.24) is 39.9 Å². The van der Waals surface area contributed by atoms with Crippen LogP contribution in [0.5, 0.6) is 0 Å². The number of carbonyl (C=O) groups excluding carboxylic acids is 1. The molecule has 0 aliphatic carbocycles. The van der Waals surface area contributed by atoms with Crippen LogP contribution in [0.15, 0.2) is 67.5 Å². The second-order valence-corrected chi connectivity index (χ2v) is 6.33. The summed E-state index contributed by atoms with van der Waals surface area (Å²) >= 11 is 0. The van der Waals surface area contributed by atoms with Gasteiger partial charge < -0.3 is 4.90 Å². The lowest BCUT2D eigenvalue weighted by Crippen LogP contribution is -2.29. The second-order valence-electron chi connectivity index (χ2n) is 6.33. The van der Waals surface area contributed by atoms with E-state index in [4.69, 9.17) is 0 Å². The molecule has 0 fully saturated rings. The molecule has 0 radical (unpaired) electrons. The molecule has 2 aromatic carbocycles. The lowest BCUT2D eigenvalue weighted by atomic mass is 10.1. The third-order valence-corrected chi connectivity index (χ3v) is 4.67. The highest BCUT2D eigenvalue weighted by Gasteiger charge is 2.19. The molecule has 4 aromatic rings. The number of hydrogen-bond donors (Lipinski definition) is 0. The number of tetrazole rings is 1. The summed E-state index contributed by atoms with van der Waals surface area (Å²) in [7, 11) is 1.79. The first-order valence-corrected chi connectivity index (χ1v) is 8.69. The van der Waals surface area contributed by atoms with E-state index in [1.54, 1.807) is 35.1 Å². The van der Waals surface area contributed by atoms with Crippen molar-refractivity contribution in [2.24, 2.45) is 0 Å². The number of hydrogen-bond acceptors (Lipinski definition) is 6. The Morgan fingerprint density at radius 3 is 2.54 bits per heavy atom. The van der Waals surface area contributed by atoms with Crippen molar-refractivity contribution in [3.05, 3.63) is 78.6 Å². The Labute approximate surface area is 161 Å². The average molecular weight is 374 g/mol. The number of carbonyl (C=O) groups is 1. The minimum atomic E-state index is -0.103. The third kappa shape index (κ3) is 3.37. The van der Waals surface area contributed by atoms with Gasteiger partial charge in [0.05, 0.1) is 17.4 Å². The summed E-state index contributed by atoms with van der Waals surface area (Å²) in [5.41, 5.74) is 3.24. The number of rotatable bonds is 5. The van der Waals surface area contributed by atoms with E-state index in [2.05, 4.69) is 25.6 Å². The van der Waals surface area contributed by atoms with Crippen LogP contribution < -0.4 is 0 Å². The Morgan fingerprint density at radius 1 is 1.04 bits per heavy atom. The van der Waals surface area contributed by atoms with Crippen molar-refractivity contribution in [2.75, 3.05) is 7.05 Å². The van der Waals surface area contributed by atoms with Gasteiger partial charge in [0, 0.05) is 12.6 Å². The van der Waals surface area contributed by atoms with Gasteiger partial charge in [-0.1, -0.05) is 18.2 Å². The molecule has 0 saturated heterocycles. The molecule has 0 aliphatic rings. The van der Waals surface area contributed by atoms with Crippen LogP contribution in [0.3, 0.4) is 0 Å². The maximum atomic E-state index is 13.0. The van der Waals surface area contributed by atoms with Gasteiger partial charge in [-0.05, 0) is 53.2 Å². The molecule has 0 aliphatic heterocycles. The highest BCUT2D eigenvalue weighted by molar-refractivity contribution is 5.94. The molecule has 140 valence electrons. The predicted octanol–water partition coefficient (Wildman–Crippen LogP) is 2.08. The van der Waals surface area contributed by atoms with Crippen LogP contribution in [0.2, 0.25) is 0 Å². The molecule has 0 bridgehead atoms. The summed E-state index contributed by atoms with van der Waals surface area (Å²) in [6, 6.07) is 15.0. The third-order valence-electron chi connectivity index (χ3n) is 4.67. The van der Waals surface area contributed by atoms with E-state index >= 15 is 0 Å². The molecule has 9 heteroatoms. The van der Waals surface area contributed by atoms with E-state index in [0.717, 1.165) is 16.9 Å². The first-order valence-electron chi connectivity index (χ1n) is 8.69. The van der Waals surface area contributed by atoms with Crippen molar-refractivity contribution in [2.45, 2.75) is 13.0 Å². The second kappa shape index (κ2) is 7.39. The smallest absolute Gasteiger partial charge is 0.254 e. The van der Waals surface area contributed by atoms with Gasteiger partial charge >= 0.3 is 0 Å². The van der Waals surface area contributed by atoms with Gasteiger partial charge in [-0.25, -0.2) is 14.3 Å². The van der Waals surface area contributed by atoms with Crippen molar-refractivity contribution in [3.8, 4) is 11.4 Å². The largest absolute Gasteiger partial charge is 0.335 e. The average Bonchev–Trinajstić information content (AvgIpc) is 3.47. The zero-order valence-electron chi connectivity index (χ0n) is 15.4. The molecule has 0 spiro atoms. The predicted molar refractivity (Wildman–Crippen MR) is 101 cm³/mol. The van der Waals surface area contributed by atoms with Crippen LogP contribution in [-0.4, -0.2) is 52.8 Å². The van der Waals surface area contributed by atoms with Crippen LogP contribution in [0.25, 0.3) is 11.4 Å². The molecule has 1 amide bonds. The van der Waals surface area contributed by atoms with Gasteiger partial charge in [-0.3, -0.25) is 4.79 Å². The normalized spacial score (nSPS) is 11.9. The van der Waals surface area contributed by atoms with Gasteiger partial charge in [-0.2, -0.15) is 5.10 Å². The van der Waals surface area contributed by atoms with Crippen LogP contribution in [0.1, 0.15) is 28.9 Å². The molecular formula is C19H18N8O. The van der Waals surface area contributed by atoms with E-state index in [-0.39, 0.29) is 11.9 Å². The molecule has 0 unspecified atom stereocenters. The molecule has 2 aromatic heterocycles. The van der Waals surface area contributed by atoms with E-state index in [0.29, 0.717) is 5.56 Å². The molecule has 28 heavy (non-hydrogen) atoms. The summed E-state index contributed by atoms with van der Waals surface area (Å²) in [5, 5.41) is 15.2. The number of aromatic nitrogens is 7. The first kappa shape index (κ1) is 17.5. The lowest BCUT2D eigenvalue weighted by Gasteiger charge is -2.25. The summed E-state index contributed by atoms with van der Waals surface area (Å²) in [5.74, 6) is -0.0808. The fourth-order valence-corrected chi connectivity index (χ4v) is 2.91. The van der Waals surface area contributed by atoms with E-state index in [9.17, 15) is 4.79 Å². The van der Waals surface area contributed by atoms with Crippen molar-refractivity contribution in [3.63, 3.8) is 0 Å². The van der Waals surface area contributed by atoms with Gasteiger partial charge in [-0.15, -0.1) is 5.10 Å². The Balaban J connectivity index is 1.53. The Morgan fingerprint density at radius 2 is 1.86 bits per heavy atom. The molecule has 1 atom stereocenters. The summed E-state index contributed by atoms with van der Waals surface area (Å²) in [6.45, 7) is 1.99. The van der Waals surface area contributed by atoms with Gasteiger partial charge in [0.15, 0.2) is 0 Å². The van der Waals surface area contributed by atoms with Gasteiger partial charge in [0.1, 0.15) is 19.0 Å². The zero-order chi connectivity index (χ0) is 19.5.